The summed E-state index contributed by atoms with van der Waals surface area (Å²) in [6.07, 6.45) is 0.391. The third-order valence-electron chi connectivity index (χ3n) is 10.3. The zero-order valence-corrected chi connectivity index (χ0v) is 42.1. The molecule has 0 aliphatic carbocycles. The van der Waals surface area contributed by atoms with Gasteiger partial charge in [0.05, 0.1) is 43.2 Å². The average Bonchev–Trinajstić information content (AvgIpc) is 3.24. The smallest absolute Gasteiger partial charge is 0.269 e. The van der Waals surface area contributed by atoms with E-state index < -0.39 is 75.9 Å². The van der Waals surface area contributed by atoms with Crippen LogP contribution in [0.25, 0.3) is 0 Å². The molecule has 0 bridgehead atoms. The molecule has 7 N–H and O–H groups in total. The second-order valence-corrected chi connectivity index (χ2v) is 26.3. The van der Waals surface area contributed by atoms with Gasteiger partial charge in [0.25, 0.3) is 23.6 Å². The second-order valence-electron chi connectivity index (χ2n) is 16.7. The molecule has 0 aromatic heterocycles. The molecule has 0 aliphatic heterocycles. The number of halogens is 2. The minimum atomic E-state index is -3.40. The van der Waals surface area contributed by atoms with Crippen molar-refractivity contribution in [1.82, 2.24) is 21.7 Å². The van der Waals surface area contributed by atoms with Gasteiger partial charge in [0.1, 0.15) is 24.2 Å². The molecule has 4 amide bonds. The van der Waals surface area contributed by atoms with Crippen molar-refractivity contribution in [2.75, 3.05) is 23.1 Å². The summed E-state index contributed by atoms with van der Waals surface area (Å²) < 4.78 is 52.6. The van der Waals surface area contributed by atoms with Crippen molar-refractivity contribution < 1.29 is 45.5 Å². The molecule has 4 atom stereocenters. The van der Waals surface area contributed by atoms with Crippen LogP contribution in [0.2, 0.25) is 28.2 Å². The number of hydrogen-bond donors (Lipinski definition) is 7. The number of nitriles is 2. The lowest BCUT2D eigenvalue weighted by molar-refractivity contribution is -0.125. The van der Waals surface area contributed by atoms with Crippen LogP contribution in [0, 0.1) is 22.7 Å². The Morgan fingerprint density at radius 1 is 0.642 bits per heavy atom. The predicted molar refractivity (Wildman–Crippen MR) is 257 cm³/mol. The summed E-state index contributed by atoms with van der Waals surface area (Å²) >= 11 is 12.1. The lowest BCUT2D eigenvalue weighted by atomic mass is 10.1. The molecule has 18 nitrogen and oxygen atoms in total. The highest BCUT2D eigenvalue weighted by molar-refractivity contribution is 7.91. The first-order valence-electron chi connectivity index (χ1n) is 20.1. The molecular formula is C44H52Cl2N8O10S2Si. The SMILES string of the molecule is C[C@H](O)[C@@H](Nc1ccc(C#N)c(Cl)c1)C(=O)NNC(=O)c1ccc(S(C)(=O)=O)cc1.C[C@H](O[Si](C)(C)C(C)(C)C)[C@@H](Nc1ccc(C#N)c(Cl)c1)C(=O)NNC(=O)c1ccc(S(C)(=O)=O)cc1. The van der Waals surface area contributed by atoms with Crippen molar-refractivity contribution in [1.29, 1.82) is 10.5 Å². The zero-order valence-electron chi connectivity index (χ0n) is 38.0. The molecule has 0 saturated carbocycles. The third-order valence-corrected chi connectivity index (χ3v) is 17.8. The van der Waals surface area contributed by atoms with E-state index in [1.54, 1.807) is 25.1 Å². The highest BCUT2D eigenvalue weighted by Gasteiger charge is 2.41. The van der Waals surface area contributed by atoms with Crippen LogP contribution in [0.4, 0.5) is 11.4 Å². The number of aliphatic hydroxyl groups excluding tert-OH is 1. The number of hydrazine groups is 2. The highest BCUT2D eigenvalue weighted by atomic mass is 35.5. The van der Waals surface area contributed by atoms with Gasteiger partial charge in [-0.2, -0.15) is 10.5 Å². The molecule has 0 fully saturated rings. The first-order chi connectivity index (χ1) is 31.0. The van der Waals surface area contributed by atoms with Crippen molar-refractivity contribution in [2.45, 2.75) is 86.8 Å². The fourth-order valence-electron chi connectivity index (χ4n) is 5.50. The van der Waals surface area contributed by atoms with E-state index >= 15 is 0 Å². The summed E-state index contributed by atoms with van der Waals surface area (Å²) in [6, 6.07) is 21.5. The molecule has 0 saturated heterocycles. The Morgan fingerprint density at radius 2 is 1.00 bits per heavy atom. The number of nitrogens with zero attached hydrogens (tertiary/aromatic N) is 2. The average molecular weight is 1020 g/mol. The van der Waals surface area contributed by atoms with Crippen LogP contribution in [-0.2, 0) is 33.7 Å². The van der Waals surface area contributed by atoms with Crippen molar-refractivity contribution >= 4 is 86.2 Å². The second kappa shape index (κ2) is 23.1. The van der Waals surface area contributed by atoms with E-state index in [-0.39, 0.29) is 41.6 Å². The van der Waals surface area contributed by atoms with Crippen LogP contribution in [0.5, 0.6) is 0 Å². The van der Waals surface area contributed by atoms with E-state index in [1.165, 1.54) is 73.7 Å². The Morgan fingerprint density at radius 3 is 1.31 bits per heavy atom. The van der Waals surface area contributed by atoms with Crippen LogP contribution in [0.3, 0.4) is 0 Å². The normalized spacial score (nSPS) is 13.3. The fourth-order valence-corrected chi connectivity index (χ4v) is 8.63. The molecule has 0 spiro atoms. The largest absolute Gasteiger partial charge is 0.412 e. The summed E-state index contributed by atoms with van der Waals surface area (Å²) in [6.45, 7) is 13.6. The van der Waals surface area contributed by atoms with Gasteiger partial charge < -0.3 is 20.2 Å². The monoisotopic (exact) mass is 1010 g/mol. The van der Waals surface area contributed by atoms with E-state index in [0.29, 0.717) is 16.9 Å². The van der Waals surface area contributed by atoms with Gasteiger partial charge in [0.15, 0.2) is 28.0 Å². The summed E-state index contributed by atoms with van der Waals surface area (Å²) in [5.41, 5.74) is 10.9. The molecule has 0 heterocycles. The Balaban J connectivity index is 0.000000363. The standard InChI is InChI=1S/C25H33ClN4O5SSi.C19H19ClN4O5S/c1-16(35-37(6,7)25(2,3)4)22(28-19-11-8-18(15-27)21(26)14-19)24(32)30-29-23(31)17-9-12-20(13-10-17)36(5,33)34;1-11(25)17(22-14-6-3-13(10-21)16(20)9-14)19(27)24-23-18(26)12-4-7-15(8-5-12)30(2,28)29/h8-14,16,22,28H,1-7H3,(H,29,31)(H,30,32);3-9,11,17,22,25H,1-2H3,(H,23,26)(H,24,27)/t16-,22+;11-,17+/m00/s1. The summed E-state index contributed by atoms with van der Waals surface area (Å²) in [5, 5.41) is 34.2. The molecule has 358 valence electrons. The quantitative estimate of drug-likeness (QED) is 0.0607. The molecule has 4 aromatic rings. The first-order valence-corrected chi connectivity index (χ1v) is 27.5. The van der Waals surface area contributed by atoms with Crippen molar-refractivity contribution in [2.24, 2.45) is 0 Å². The van der Waals surface area contributed by atoms with Gasteiger partial charge in [-0.25, -0.2) is 16.8 Å². The first kappa shape index (κ1) is 55.3. The number of hydrogen-bond acceptors (Lipinski definition) is 14. The van der Waals surface area contributed by atoms with E-state index in [4.69, 9.17) is 38.2 Å². The number of amides is 4. The maximum absolute atomic E-state index is 13.2. The molecular weight excluding hydrogens is 964 g/mol. The van der Waals surface area contributed by atoms with Crippen molar-refractivity contribution in [3.05, 3.63) is 117 Å². The fraction of sp³-hybridized carbons (Fsp3) is 0.318. The number of carbonyl (C=O) groups is 4. The van der Waals surface area contributed by atoms with Crippen LogP contribution < -0.4 is 32.3 Å². The van der Waals surface area contributed by atoms with E-state index in [2.05, 4.69) is 66.2 Å². The van der Waals surface area contributed by atoms with Crippen LogP contribution in [-0.4, -0.2) is 90.7 Å². The molecule has 23 heteroatoms. The van der Waals surface area contributed by atoms with Crippen LogP contribution >= 0.6 is 23.2 Å². The maximum atomic E-state index is 13.2. The number of sulfone groups is 2. The van der Waals surface area contributed by atoms with Gasteiger partial charge in [-0.15, -0.1) is 0 Å². The number of aliphatic hydroxyl groups is 1. The molecule has 4 rings (SSSR count). The Labute approximate surface area is 401 Å². The van der Waals surface area contributed by atoms with Crippen molar-refractivity contribution in [3.63, 3.8) is 0 Å². The van der Waals surface area contributed by atoms with Crippen LogP contribution in [0.15, 0.2) is 94.7 Å². The van der Waals surface area contributed by atoms with Crippen LogP contribution in [0.1, 0.15) is 66.5 Å². The third kappa shape index (κ3) is 16.1. The van der Waals surface area contributed by atoms with Gasteiger partial charge in [-0.1, -0.05) is 44.0 Å². The molecule has 4 aromatic carbocycles. The lowest BCUT2D eigenvalue weighted by Gasteiger charge is -2.40. The molecule has 0 unspecified atom stereocenters. The van der Waals surface area contributed by atoms with Gasteiger partial charge in [0, 0.05) is 35.0 Å². The van der Waals surface area contributed by atoms with Gasteiger partial charge in [0.2, 0.25) is 0 Å². The van der Waals surface area contributed by atoms with E-state index in [1.807, 2.05) is 12.1 Å². The summed E-state index contributed by atoms with van der Waals surface area (Å²) in [5.74, 6) is -2.58. The minimum absolute atomic E-state index is 0.0579. The number of carbonyl (C=O) groups excluding carboxylic acids is 4. The van der Waals surface area contributed by atoms with Crippen molar-refractivity contribution in [3.8, 4) is 12.1 Å². The zero-order chi connectivity index (χ0) is 50.7. The Kier molecular flexibility index (Phi) is 19.1. The maximum Gasteiger partial charge on any atom is 0.269 e. The number of benzene rings is 4. The number of rotatable bonds is 14. The van der Waals surface area contributed by atoms with Gasteiger partial charge in [-0.3, -0.25) is 40.9 Å². The Hall–Kier alpha value is -6.04. The Bertz CT molecular complexity index is 2780. The summed E-state index contributed by atoms with van der Waals surface area (Å²) in [4.78, 5) is 50.5. The van der Waals surface area contributed by atoms with Gasteiger partial charge in [-0.05, 0) is 117 Å². The molecule has 67 heavy (non-hydrogen) atoms. The minimum Gasteiger partial charge on any atom is -0.412 e. The number of nitrogens with one attached hydrogen (secondary N) is 6. The van der Waals surface area contributed by atoms with Gasteiger partial charge >= 0.3 is 0 Å². The van der Waals surface area contributed by atoms with E-state index in [0.717, 1.165) is 12.5 Å². The number of anilines is 2. The van der Waals surface area contributed by atoms with E-state index in [9.17, 15) is 41.1 Å². The summed E-state index contributed by atoms with van der Waals surface area (Å²) in [7, 11) is -9.06. The molecule has 0 radical (unpaired) electrons. The highest BCUT2D eigenvalue weighted by Crippen LogP contribution is 2.38. The molecule has 0 aliphatic rings. The predicted octanol–water partition coefficient (Wildman–Crippen LogP) is 5.50. The lowest BCUT2D eigenvalue weighted by Crippen LogP contribution is -2.55. The topological polar surface area (TPSA) is 286 Å².